The summed E-state index contributed by atoms with van der Waals surface area (Å²) in [5, 5.41) is 0.563. The lowest BCUT2D eigenvalue weighted by molar-refractivity contribution is 0.413. The van der Waals surface area contributed by atoms with Crippen LogP contribution < -0.4 is 10.5 Å². The highest BCUT2D eigenvalue weighted by Gasteiger charge is 2.24. The van der Waals surface area contributed by atoms with Crippen molar-refractivity contribution < 1.29 is 4.74 Å². The van der Waals surface area contributed by atoms with E-state index in [1.54, 1.807) is 7.11 Å². The highest BCUT2D eigenvalue weighted by molar-refractivity contribution is 6.30. The second-order valence-corrected chi connectivity index (χ2v) is 5.09. The topological polar surface area (TPSA) is 53.1 Å². The van der Waals surface area contributed by atoms with Crippen molar-refractivity contribution in [2.75, 3.05) is 7.11 Å². The zero-order valence-electron chi connectivity index (χ0n) is 10.8. The number of rotatable bonds is 2. The van der Waals surface area contributed by atoms with Crippen LogP contribution >= 0.6 is 11.6 Å². The third-order valence-corrected chi connectivity index (χ3v) is 3.84. The largest absolute Gasteiger partial charge is 0.497 e. The molecule has 0 fully saturated rings. The van der Waals surface area contributed by atoms with Gasteiger partial charge in [0.15, 0.2) is 5.15 Å². The van der Waals surface area contributed by atoms with Crippen LogP contribution in [0.3, 0.4) is 0 Å². The predicted molar refractivity (Wildman–Crippen MR) is 75.4 cm³/mol. The molecule has 5 heteroatoms. The van der Waals surface area contributed by atoms with Crippen LogP contribution in [0.4, 0.5) is 0 Å². The van der Waals surface area contributed by atoms with Gasteiger partial charge in [-0.3, -0.25) is 0 Å². The molecule has 1 atom stereocenters. The summed E-state index contributed by atoms with van der Waals surface area (Å²) in [6.45, 7) is 0. The Bertz CT molecular complexity index is 609. The molecule has 0 aliphatic carbocycles. The molecule has 0 bridgehead atoms. The molecule has 3 rings (SSSR count). The molecular weight excluding hydrogens is 262 g/mol. The number of benzene rings is 1. The van der Waals surface area contributed by atoms with Gasteiger partial charge in [0.05, 0.1) is 19.0 Å². The van der Waals surface area contributed by atoms with E-state index in [-0.39, 0.29) is 6.17 Å². The minimum atomic E-state index is -0.0510. The average molecular weight is 278 g/mol. The first kappa shape index (κ1) is 12.5. The van der Waals surface area contributed by atoms with Crippen molar-refractivity contribution in [1.29, 1.82) is 0 Å². The molecule has 2 heterocycles. The fourth-order valence-electron chi connectivity index (χ4n) is 2.59. The Hall–Kier alpha value is -1.52. The Morgan fingerprint density at radius 3 is 3.11 bits per heavy atom. The molecule has 0 saturated carbocycles. The van der Waals surface area contributed by atoms with Crippen molar-refractivity contribution in [1.82, 2.24) is 9.55 Å². The highest BCUT2D eigenvalue weighted by atomic mass is 35.5. The van der Waals surface area contributed by atoms with Gasteiger partial charge >= 0.3 is 0 Å². The zero-order valence-corrected chi connectivity index (χ0v) is 11.5. The van der Waals surface area contributed by atoms with Gasteiger partial charge in [0.25, 0.3) is 0 Å². The van der Waals surface area contributed by atoms with Crippen molar-refractivity contribution in [3.63, 3.8) is 0 Å². The first-order valence-electron chi connectivity index (χ1n) is 6.37. The van der Waals surface area contributed by atoms with Crippen molar-refractivity contribution >= 4 is 11.6 Å². The minimum Gasteiger partial charge on any atom is -0.497 e. The molecule has 2 aromatic rings. The van der Waals surface area contributed by atoms with Gasteiger partial charge in [-0.25, -0.2) is 4.98 Å². The predicted octanol–water partition coefficient (Wildman–Crippen LogP) is 3.01. The molecule has 0 amide bonds. The number of nitrogens with zero attached hydrogens (tertiary/aromatic N) is 2. The third kappa shape index (κ3) is 2.11. The Morgan fingerprint density at radius 2 is 2.32 bits per heavy atom. The summed E-state index contributed by atoms with van der Waals surface area (Å²) < 4.78 is 7.31. The van der Waals surface area contributed by atoms with E-state index in [4.69, 9.17) is 22.1 Å². The van der Waals surface area contributed by atoms with Crippen molar-refractivity contribution in [2.45, 2.75) is 25.4 Å². The SMILES string of the molecule is COc1cccc(-c2nc(Cl)c3n2C(N)CCC3)c1. The number of hydrogen-bond acceptors (Lipinski definition) is 3. The maximum Gasteiger partial charge on any atom is 0.151 e. The number of halogens is 1. The van der Waals surface area contributed by atoms with E-state index >= 15 is 0 Å². The molecule has 0 spiro atoms. The summed E-state index contributed by atoms with van der Waals surface area (Å²) in [4.78, 5) is 4.48. The summed E-state index contributed by atoms with van der Waals surface area (Å²) in [7, 11) is 1.65. The number of hydrogen-bond donors (Lipinski definition) is 1. The molecule has 19 heavy (non-hydrogen) atoms. The molecule has 4 nitrogen and oxygen atoms in total. The van der Waals surface area contributed by atoms with Gasteiger partial charge in [-0.2, -0.15) is 0 Å². The smallest absolute Gasteiger partial charge is 0.151 e. The lowest BCUT2D eigenvalue weighted by Gasteiger charge is -2.24. The van der Waals surface area contributed by atoms with E-state index in [2.05, 4.69) is 9.55 Å². The molecule has 1 unspecified atom stereocenters. The zero-order chi connectivity index (χ0) is 13.4. The summed E-state index contributed by atoms with van der Waals surface area (Å²) in [5.41, 5.74) is 8.22. The number of imidazole rings is 1. The fraction of sp³-hybridized carbons (Fsp3) is 0.357. The van der Waals surface area contributed by atoms with E-state index in [1.165, 1.54) is 0 Å². The van der Waals surface area contributed by atoms with Gasteiger partial charge < -0.3 is 15.0 Å². The molecule has 0 saturated heterocycles. The normalized spacial score (nSPS) is 18.2. The Kier molecular flexibility index (Phi) is 3.21. The van der Waals surface area contributed by atoms with Gasteiger partial charge in [0, 0.05) is 5.56 Å². The van der Waals surface area contributed by atoms with Gasteiger partial charge in [0.2, 0.25) is 0 Å². The van der Waals surface area contributed by atoms with Crippen LogP contribution in [0.5, 0.6) is 5.75 Å². The number of methoxy groups -OCH3 is 1. The molecule has 100 valence electrons. The second-order valence-electron chi connectivity index (χ2n) is 4.73. The number of aromatic nitrogens is 2. The van der Waals surface area contributed by atoms with Gasteiger partial charge in [-0.1, -0.05) is 23.7 Å². The van der Waals surface area contributed by atoms with Crippen LogP contribution in [0.2, 0.25) is 5.15 Å². The van der Waals surface area contributed by atoms with Crippen LogP contribution in [0.25, 0.3) is 11.4 Å². The molecule has 0 radical (unpaired) electrons. The van der Waals surface area contributed by atoms with Crippen molar-refractivity contribution in [2.24, 2.45) is 5.73 Å². The molecular formula is C14H16ClN3O. The van der Waals surface area contributed by atoms with E-state index in [1.807, 2.05) is 24.3 Å². The molecule has 2 N–H and O–H groups in total. The van der Waals surface area contributed by atoms with Crippen LogP contribution in [0, 0.1) is 0 Å². The van der Waals surface area contributed by atoms with Gasteiger partial charge in [-0.15, -0.1) is 0 Å². The number of ether oxygens (including phenoxy) is 1. The summed E-state index contributed by atoms with van der Waals surface area (Å²) in [6, 6.07) is 7.80. The maximum atomic E-state index is 6.23. The summed E-state index contributed by atoms with van der Waals surface area (Å²) >= 11 is 6.23. The average Bonchev–Trinajstić information content (AvgIpc) is 2.78. The Balaban J connectivity index is 2.15. The number of fused-ring (bicyclic) bond motifs is 1. The summed E-state index contributed by atoms with van der Waals surface area (Å²) in [6.07, 6.45) is 2.90. The third-order valence-electron chi connectivity index (χ3n) is 3.53. The molecule has 1 aromatic heterocycles. The Morgan fingerprint density at radius 1 is 1.47 bits per heavy atom. The molecule has 1 aromatic carbocycles. The lowest BCUT2D eigenvalue weighted by Crippen LogP contribution is -2.25. The van der Waals surface area contributed by atoms with Crippen molar-refractivity contribution in [3.8, 4) is 17.1 Å². The standard InChI is InChI=1S/C14H16ClN3O/c1-19-10-5-2-4-9(8-10)14-17-13(15)11-6-3-7-12(16)18(11)14/h2,4-5,8,12H,3,6-7,16H2,1H3. The minimum absolute atomic E-state index is 0.0510. The maximum absolute atomic E-state index is 6.23. The van der Waals surface area contributed by atoms with Gasteiger partial charge in [0.1, 0.15) is 11.6 Å². The first-order valence-corrected chi connectivity index (χ1v) is 6.75. The molecule has 1 aliphatic heterocycles. The van der Waals surface area contributed by atoms with E-state index in [0.717, 1.165) is 42.1 Å². The van der Waals surface area contributed by atoms with Crippen LogP contribution in [-0.2, 0) is 6.42 Å². The van der Waals surface area contributed by atoms with Crippen LogP contribution in [0.1, 0.15) is 24.7 Å². The lowest BCUT2D eigenvalue weighted by atomic mass is 10.1. The highest BCUT2D eigenvalue weighted by Crippen LogP contribution is 2.34. The Labute approximate surface area is 117 Å². The van der Waals surface area contributed by atoms with Gasteiger partial charge in [-0.05, 0) is 31.4 Å². The van der Waals surface area contributed by atoms with Crippen LogP contribution in [-0.4, -0.2) is 16.7 Å². The molecule has 1 aliphatic rings. The quantitative estimate of drug-likeness (QED) is 0.918. The van der Waals surface area contributed by atoms with E-state index in [0.29, 0.717) is 5.15 Å². The van der Waals surface area contributed by atoms with E-state index < -0.39 is 0 Å². The number of nitrogens with two attached hydrogens (primary N) is 1. The van der Waals surface area contributed by atoms with Crippen LogP contribution in [0.15, 0.2) is 24.3 Å². The second kappa shape index (κ2) is 4.87. The van der Waals surface area contributed by atoms with Crippen molar-refractivity contribution in [3.05, 3.63) is 35.1 Å². The monoisotopic (exact) mass is 277 g/mol. The fourth-order valence-corrected chi connectivity index (χ4v) is 2.86. The van der Waals surface area contributed by atoms with E-state index in [9.17, 15) is 0 Å². The first-order chi connectivity index (χ1) is 9.20. The summed E-state index contributed by atoms with van der Waals surface area (Å²) in [5.74, 6) is 1.63.